The Hall–Kier alpha value is -3.52. The molecule has 1 amide bonds. The standard InChI is InChI=1S/C26H24N4O3S/c1-16-6-5-9-19(14-16)25(32)33-20-12-10-17(11-13-20)15-21-22(27)30-26(28-23(21)31)34-24(29-30)18-7-3-2-4-8-18/h5-6,9-15,18,27H,2-4,7-8H2,1H3/b21-15+,27-22?. The highest BCUT2D eigenvalue weighted by molar-refractivity contribution is 8.27. The Kier molecular flexibility index (Phi) is 6.15. The predicted octanol–water partition coefficient (Wildman–Crippen LogP) is 5.41. The van der Waals surface area contributed by atoms with Gasteiger partial charge in [-0.3, -0.25) is 10.2 Å². The van der Waals surface area contributed by atoms with Crippen molar-refractivity contribution in [3.05, 3.63) is 70.8 Å². The van der Waals surface area contributed by atoms with Gasteiger partial charge in [-0.2, -0.15) is 15.1 Å². The van der Waals surface area contributed by atoms with E-state index in [-0.39, 0.29) is 11.4 Å². The van der Waals surface area contributed by atoms with Gasteiger partial charge in [0.25, 0.3) is 5.91 Å². The van der Waals surface area contributed by atoms with Crippen LogP contribution in [0.15, 0.2) is 64.2 Å². The number of hydrazone groups is 1. The van der Waals surface area contributed by atoms with Crippen molar-refractivity contribution in [1.82, 2.24) is 5.01 Å². The molecule has 5 rings (SSSR count). The van der Waals surface area contributed by atoms with Crippen LogP contribution < -0.4 is 4.74 Å². The lowest BCUT2D eigenvalue weighted by Gasteiger charge is -2.20. The van der Waals surface area contributed by atoms with E-state index in [1.807, 2.05) is 19.1 Å². The molecule has 0 atom stereocenters. The number of carbonyl (C=O) groups is 2. The van der Waals surface area contributed by atoms with Crippen LogP contribution in [0.1, 0.15) is 53.6 Å². The number of aryl methyl sites for hydroxylation is 1. The second-order valence-electron chi connectivity index (χ2n) is 8.62. The molecule has 7 nitrogen and oxygen atoms in total. The highest BCUT2D eigenvalue weighted by Gasteiger charge is 2.37. The lowest BCUT2D eigenvalue weighted by Crippen LogP contribution is -2.35. The molecule has 0 radical (unpaired) electrons. The third-order valence-corrected chi connectivity index (χ3v) is 7.15. The molecule has 2 heterocycles. The first-order chi connectivity index (χ1) is 16.5. The molecule has 0 unspecified atom stereocenters. The number of hydrogen-bond donors (Lipinski definition) is 1. The zero-order chi connectivity index (χ0) is 23.7. The van der Waals surface area contributed by atoms with Crippen molar-refractivity contribution in [2.45, 2.75) is 39.0 Å². The number of nitrogens with zero attached hydrogens (tertiary/aromatic N) is 3. The third-order valence-electron chi connectivity index (χ3n) is 6.08. The lowest BCUT2D eigenvalue weighted by molar-refractivity contribution is -0.114. The maximum atomic E-state index is 12.7. The van der Waals surface area contributed by atoms with Gasteiger partial charge in [-0.25, -0.2) is 4.79 Å². The van der Waals surface area contributed by atoms with Gasteiger partial charge in [-0.1, -0.05) is 49.1 Å². The van der Waals surface area contributed by atoms with Crippen LogP contribution in [0.2, 0.25) is 0 Å². The molecule has 0 bridgehead atoms. The fourth-order valence-electron chi connectivity index (χ4n) is 4.26. The largest absolute Gasteiger partial charge is 0.423 e. The smallest absolute Gasteiger partial charge is 0.343 e. The Morgan fingerprint density at radius 2 is 1.91 bits per heavy atom. The van der Waals surface area contributed by atoms with Crippen molar-refractivity contribution in [1.29, 1.82) is 5.41 Å². The van der Waals surface area contributed by atoms with Gasteiger partial charge < -0.3 is 4.74 Å². The van der Waals surface area contributed by atoms with Gasteiger partial charge in [0, 0.05) is 5.92 Å². The lowest BCUT2D eigenvalue weighted by atomic mass is 9.90. The summed E-state index contributed by atoms with van der Waals surface area (Å²) in [6.45, 7) is 1.92. The summed E-state index contributed by atoms with van der Waals surface area (Å²) in [5, 5.41) is 16.1. The molecule has 3 aliphatic rings. The highest BCUT2D eigenvalue weighted by Crippen LogP contribution is 2.36. The molecule has 2 aromatic carbocycles. The van der Waals surface area contributed by atoms with Gasteiger partial charge in [0.2, 0.25) is 5.17 Å². The summed E-state index contributed by atoms with van der Waals surface area (Å²) >= 11 is 1.41. The average Bonchev–Trinajstić information content (AvgIpc) is 3.27. The van der Waals surface area contributed by atoms with E-state index >= 15 is 0 Å². The van der Waals surface area contributed by atoms with Gasteiger partial charge in [-0.05, 0) is 67.4 Å². The zero-order valence-corrected chi connectivity index (χ0v) is 19.6. The maximum absolute atomic E-state index is 12.7. The molecule has 1 fully saturated rings. The minimum absolute atomic E-state index is 0.0308. The summed E-state index contributed by atoms with van der Waals surface area (Å²) in [5.74, 6) is -0.0600. The average molecular weight is 473 g/mol. The number of esters is 1. The fourth-order valence-corrected chi connectivity index (χ4v) is 5.32. The van der Waals surface area contributed by atoms with Gasteiger partial charge in [0.05, 0.1) is 11.1 Å². The van der Waals surface area contributed by atoms with Crippen molar-refractivity contribution in [2.24, 2.45) is 16.0 Å². The van der Waals surface area contributed by atoms with Crippen molar-refractivity contribution in [3.63, 3.8) is 0 Å². The number of rotatable bonds is 4. The van der Waals surface area contributed by atoms with Gasteiger partial charge in [0.1, 0.15) is 10.8 Å². The van der Waals surface area contributed by atoms with Crippen molar-refractivity contribution < 1.29 is 14.3 Å². The molecule has 0 spiro atoms. The van der Waals surface area contributed by atoms with Gasteiger partial charge >= 0.3 is 5.97 Å². The summed E-state index contributed by atoms with van der Waals surface area (Å²) in [7, 11) is 0. The van der Waals surface area contributed by atoms with Crippen molar-refractivity contribution in [3.8, 4) is 5.75 Å². The molecule has 34 heavy (non-hydrogen) atoms. The minimum Gasteiger partial charge on any atom is -0.423 e. The van der Waals surface area contributed by atoms with E-state index in [1.54, 1.807) is 42.5 Å². The number of ether oxygens (including phenoxy) is 1. The van der Waals surface area contributed by atoms with Gasteiger partial charge in [0.15, 0.2) is 5.84 Å². The van der Waals surface area contributed by atoms with Crippen molar-refractivity contribution in [2.75, 3.05) is 0 Å². The molecule has 0 saturated heterocycles. The topological polar surface area (TPSA) is 95.2 Å². The highest BCUT2D eigenvalue weighted by atomic mass is 32.2. The molecule has 0 aromatic heterocycles. The number of carbonyl (C=O) groups excluding carboxylic acids is 2. The molecule has 1 aliphatic carbocycles. The second-order valence-corrected chi connectivity index (χ2v) is 9.61. The van der Waals surface area contributed by atoms with E-state index in [1.165, 1.54) is 36.0 Å². The first kappa shape index (κ1) is 22.3. The van der Waals surface area contributed by atoms with E-state index < -0.39 is 11.9 Å². The van der Waals surface area contributed by atoms with Crippen LogP contribution in [0, 0.1) is 18.3 Å². The molecule has 1 saturated carbocycles. The van der Waals surface area contributed by atoms with Crippen LogP contribution in [-0.2, 0) is 4.79 Å². The van der Waals surface area contributed by atoms with E-state index in [4.69, 9.17) is 10.1 Å². The monoisotopic (exact) mass is 472 g/mol. The van der Waals surface area contributed by atoms with Crippen LogP contribution in [0.4, 0.5) is 0 Å². The first-order valence-electron chi connectivity index (χ1n) is 11.4. The molecule has 2 aliphatic heterocycles. The Labute approximate surface area is 202 Å². The Balaban J connectivity index is 1.31. The molecular weight excluding hydrogens is 448 g/mol. The summed E-state index contributed by atoms with van der Waals surface area (Å²) in [6.07, 6.45) is 7.44. The molecule has 1 N–H and O–H groups in total. The molecule has 8 heteroatoms. The number of fused-ring (bicyclic) bond motifs is 1. The molecule has 2 aromatic rings. The number of thioether (sulfide) groups is 1. The van der Waals surface area contributed by atoms with Crippen LogP contribution in [0.25, 0.3) is 6.08 Å². The predicted molar refractivity (Wildman–Crippen MR) is 134 cm³/mol. The summed E-state index contributed by atoms with van der Waals surface area (Å²) in [4.78, 5) is 29.2. The Bertz CT molecular complexity index is 1260. The number of benzene rings is 2. The summed E-state index contributed by atoms with van der Waals surface area (Å²) in [5.41, 5.74) is 2.35. The van der Waals surface area contributed by atoms with E-state index in [0.29, 0.717) is 28.0 Å². The fraction of sp³-hybridized carbons (Fsp3) is 0.269. The third kappa shape index (κ3) is 4.59. The summed E-state index contributed by atoms with van der Waals surface area (Å²) < 4.78 is 5.45. The van der Waals surface area contributed by atoms with Crippen LogP contribution in [0.3, 0.4) is 0 Å². The van der Waals surface area contributed by atoms with E-state index in [2.05, 4.69) is 10.1 Å². The van der Waals surface area contributed by atoms with Crippen molar-refractivity contribution >= 4 is 45.8 Å². The van der Waals surface area contributed by atoms with Gasteiger partial charge in [-0.15, -0.1) is 0 Å². The Morgan fingerprint density at radius 3 is 2.65 bits per heavy atom. The van der Waals surface area contributed by atoms with E-state index in [0.717, 1.165) is 23.4 Å². The first-order valence-corrected chi connectivity index (χ1v) is 12.2. The number of amides is 1. The van der Waals surface area contributed by atoms with Crippen LogP contribution in [0.5, 0.6) is 5.75 Å². The van der Waals surface area contributed by atoms with Crippen LogP contribution >= 0.6 is 11.8 Å². The zero-order valence-electron chi connectivity index (χ0n) is 18.8. The SMILES string of the molecule is Cc1cccc(C(=O)Oc2ccc(/C=C3\C(=N)N4N=C(C5CCCCC5)SC4=NC3=O)cc2)c1. The second kappa shape index (κ2) is 9.38. The molecular formula is C26H24N4O3S. The normalized spacial score (nSPS) is 19.7. The Morgan fingerprint density at radius 1 is 1.15 bits per heavy atom. The van der Waals surface area contributed by atoms with Crippen LogP contribution in [-0.4, -0.2) is 32.9 Å². The van der Waals surface area contributed by atoms with E-state index in [9.17, 15) is 9.59 Å². The number of nitrogens with one attached hydrogen (secondary N) is 1. The minimum atomic E-state index is -0.446. The summed E-state index contributed by atoms with van der Waals surface area (Å²) in [6, 6.07) is 14.0. The number of amidine groups is 2. The quantitative estimate of drug-likeness (QED) is 0.364. The number of hydrogen-bond acceptors (Lipinski definition) is 6. The number of aliphatic imine (C=N–C) groups is 1. The molecule has 172 valence electrons. The maximum Gasteiger partial charge on any atom is 0.343 e.